The molecule has 29 heavy (non-hydrogen) atoms. The van der Waals surface area contributed by atoms with E-state index in [0.29, 0.717) is 37.2 Å². The summed E-state index contributed by atoms with van der Waals surface area (Å²) in [6, 6.07) is 14.6. The second-order valence-corrected chi connectivity index (χ2v) is 8.34. The monoisotopic (exact) mass is 390 g/mol. The van der Waals surface area contributed by atoms with Crippen molar-refractivity contribution in [3.8, 4) is 0 Å². The van der Waals surface area contributed by atoms with Crippen LogP contribution >= 0.6 is 0 Å². The number of fused-ring (bicyclic) bond motifs is 2. The number of hydrogen-bond acceptors (Lipinski definition) is 3. The van der Waals surface area contributed by atoms with Crippen LogP contribution in [0.4, 0.5) is 0 Å². The Morgan fingerprint density at radius 3 is 2.38 bits per heavy atom. The van der Waals surface area contributed by atoms with Crippen molar-refractivity contribution in [1.29, 1.82) is 0 Å². The zero-order valence-electron chi connectivity index (χ0n) is 17.1. The second-order valence-electron chi connectivity index (χ2n) is 8.34. The molecule has 150 valence electrons. The maximum absolute atomic E-state index is 13.5. The third-order valence-corrected chi connectivity index (χ3v) is 6.38. The lowest BCUT2D eigenvalue weighted by atomic mass is 9.78. The van der Waals surface area contributed by atoms with E-state index in [4.69, 9.17) is 0 Å². The molecule has 1 saturated heterocycles. The Kier molecular flexibility index (Phi) is 4.77. The Morgan fingerprint density at radius 1 is 1.07 bits per heavy atom. The lowest BCUT2D eigenvalue weighted by Crippen LogP contribution is -2.49. The van der Waals surface area contributed by atoms with Crippen LogP contribution in [0.1, 0.15) is 45.7 Å². The number of amides is 2. The van der Waals surface area contributed by atoms with E-state index in [1.54, 1.807) is 34.1 Å². The van der Waals surface area contributed by atoms with Gasteiger partial charge in [-0.15, -0.1) is 0 Å². The zero-order chi connectivity index (χ0) is 20.8. The summed E-state index contributed by atoms with van der Waals surface area (Å²) in [6.45, 7) is 7.06. The van der Waals surface area contributed by atoms with Gasteiger partial charge in [0.2, 0.25) is 5.91 Å². The van der Waals surface area contributed by atoms with E-state index in [9.17, 15) is 14.4 Å². The number of carbonyl (C=O) groups excluding carboxylic acids is 3. The molecule has 0 aliphatic carbocycles. The van der Waals surface area contributed by atoms with E-state index in [-0.39, 0.29) is 23.6 Å². The van der Waals surface area contributed by atoms with E-state index < -0.39 is 5.41 Å². The third kappa shape index (κ3) is 3.15. The molecule has 2 aliphatic rings. The highest BCUT2D eigenvalue weighted by Gasteiger charge is 2.55. The summed E-state index contributed by atoms with van der Waals surface area (Å²) >= 11 is 0. The van der Waals surface area contributed by atoms with Crippen LogP contribution in [0.15, 0.2) is 48.5 Å². The number of likely N-dealkylation sites (N-methyl/N-ethyl adjacent to an activating group) is 1. The number of hydrogen-bond donors (Lipinski definition) is 0. The lowest BCUT2D eigenvalue weighted by Gasteiger charge is -2.34. The number of benzene rings is 2. The molecule has 0 bridgehead atoms. The van der Waals surface area contributed by atoms with Crippen LogP contribution in [0.25, 0.3) is 0 Å². The summed E-state index contributed by atoms with van der Waals surface area (Å²) in [5.74, 6) is -0.182. The van der Waals surface area contributed by atoms with Crippen molar-refractivity contribution < 1.29 is 14.4 Å². The molecule has 0 N–H and O–H groups in total. The molecule has 4 rings (SSSR count). The van der Waals surface area contributed by atoms with Crippen LogP contribution < -0.4 is 0 Å². The highest BCUT2D eigenvalue weighted by molar-refractivity contribution is 6.12. The molecule has 5 nitrogen and oxygen atoms in total. The van der Waals surface area contributed by atoms with Gasteiger partial charge in [0.05, 0.1) is 23.4 Å². The van der Waals surface area contributed by atoms with Gasteiger partial charge in [0, 0.05) is 25.2 Å². The zero-order valence-corrected chi connectivity index (χ0v) is 17.1. The van der Waals surface area contributed by atoms with Gasteiger partial charge in [-0.25, -0.2) is 0 Å². The molecule has 2 aliphatic heterocycles. The SMILES string of the molecule is CCN1C(=O)c2ccccc2C(=O)[C@@]2(C)CN(C(=O)Cc3ccc(C)cc3)C[C@@H]12. The van der Waals surface area contributed by atoms with Gasteiger partial charge in [-0.3, -0.25) is 14.4 Å². The number of nitrogens with zero attached hydrogens (tertiary/aromatic N) is 2. The van der Waals surface area contributed by atoms with E-state index in [1.165, 1.54) is 0 Å². The van der Waals surface area contributed by atoms with Crippen LogP contribution in [0.2, 0.25) is 0 Å². The van der Waals surface area contributed by atoms with E-state index in [1.807, 2.05) is 45.0 Å². The van der Waals surface area contributed by atoms with Crippen LogP contribution in [0, 0.1) is 12.3 Å². The Bertz CT molecular complexity index is 982. The van der Waals surface area contributed by atoms with Crippen molar-refractivity contribution in [2.24, 2.45) is 5.41 Å². The summed E-state index contributed by atoms with van der Waals surface area (Å²) < 4.78 is 0. The highest BCUT2D eigenvalue weighted by Crippen LogP contribution is 2.41. The standard InChI is InChI=1S/C24H26N2O3/c1-4-26-20-14-25(21(27)13-17-11-9-16(2)10-12-17)15-24(20,3)22(28)18-7-5-6-8-19(18)23(26)29/h5-12,20H,4,13-15H2,1-3H3/t20-,24+/m1/s1. The first-order valence-corrected chi connectivity index (χ1v) is 10.1. The summed E-state index contributed by atoms with van der Waals surface area (Å²) in [6.07, 6.45) is 0.300. The maximum Gasteiger partial charge on any atom is 0.254 e. The molecular formula is C24H26N2O3. The van der Waals surface area contributed by atoms with Crippen molar-refractivity contribution in [3.63, 3.8) is 0 Å². The predicted octanol–water partition coefficient (Wildman–Crippen LogP) is 3.11. The van der Waals surface area contributed by atoms with Crippen molar-refractivity contribution >= 4 is 17.6 Å². The van der Waals surface area contributed by atoms with Gasteiger partial charge in [-0.1, -0.05) is 48.0 Å². The number of ketones is 1. The largest absolute Gasteiger partial charge is 0.339 e. The minimum atomic E-state index is -0.804. The molecule has 0 spiro atoms. The summed E-state index contributed by atoms with van der Waals surface area (Å²) in [4.78, 5) is 43.2. The maximum atomic E-state index is 13.5. The van der Waals surface area contributed by atoms with Gasteiger partial charge in [0.15, 0.2) is 5.78 Å². The summed E-state index contributed by atoms with van der Waals surface area (Å²) in [5, 5.41) is 0. The fourth-order valence-electron chi connectivity index (χ4n) is 4.66. The van der Waals surface area contributed by atoms with E-state index in [2.05, 4.69) is 0 Å². The molecule has 0 aromatic heterocycles. The first kappa shape index (κ1) is 19.4. The van der Waals surface area contributed by atoms with Crippen LogP contribution in [0.5, 0.6) is 0 Å². The van der Waals surface area contributed by atoms with Crippen molar-refractivity contribution in [2.45, 2.75) is 33.2 Å². The minimum absolute atomic E-state index is 0.00672. The van der Waals surface area contributed by atoms with Gasteiger partial charge >= 0.3 is 0 Å². The summed E-state index contributed by atoms with van der Waals surface area (Å²) in [5.41, 5.74) is 2.24. The van der Waals surface area contributed by atoms with E-state index in [0.717, 1.165) is 11.1 Å². The molecule has 2 aromatic rings. The van der Waals surface area contributed by atoms with Gasteiger partial charge in [0.1, 0.15) is 0 Å². The van der Waals surface area contributed by atoms with Crippen molar-refractivity contribution in [3.05, 3.63) is 70.8 Å². The Balaban J connectivity index is 1.65. The number of aryl methyl sites for hydroxylation is 1. The molecule has 2 amide bonds. The first-order chi connectivity index (χ1) is 13.8. The first-order valence-electron chi connectivity index (χ1n) is 10.1. The number of likely N-dealkylation sites (tertiary alicyclic amines) is 1. The van der Waals surface area contributed by atoms with Gasteiger partial charge in [-0.05, 0) is 32.4 Å². The van der Waals surface area contributed by atoms with Gasteiger partial charge < -0.3 is 9.80 Å². The Labute approximate surface area is 171 Å². The second kappa shape index (κ2) is 7.14. The molecule has 1 fully saturated rings. The van der Waals surface area contributed by atoms with E-state index >= 15 is 0 Å². The minimum Gasteiger partial charge on any atom is -0.339 e. The molecular weight excluding hydrogens is 364 g/mol. The number of rotatable bonds is 3. The fourth-order valence-corrected chi connectivity index (χ4v) is 4.66. The smallest absolute Gasteiger partial charge is 0.254 e. The Morgan fingerprint density at radius 2 is 1.72 bits per heavy atom. The topological polar surface area (TPSA) is 57.7 Å². The quantitative estimate of drug-likeness (QED) is 0.809. The molecule has 0 unspecified atom stereocenters. The molecule has 0 radical (unpaired) electrons. The predicted molar refractivity (Wildman–Crippen MR) is 111 cm³/mol. The summed E-state index contributed by atoms with van der Waals surface area (Å²) in [7, 11) is 0. The number of Topliss-reactive ketones (excluding diaryl/α,β-unsaturated/α-hetero) is 1. The molecule has 2 atom stereocenters. The molecule has 0 saturated carbocycles. The van der Waals surface area contributed by atoms with Crippen LogP contribution in [0.3, 0.4) is 0 Å². The van der Waals surface area contributed by atoms with Gasteiger partial charge in [0.25, 0.3) is 5.91 Å². The normalized spacial score (nSPS) is 23.6. The number of carbonyl (C=O) groups is 3. The Hall–Kier alpha value is -2.95. The fraction of sp³-hybridized carbons (Fsp3) is 0.375. The third-order valence-electron chi connectivity index (χ3n) is 6.38. The van der Waals surface area contributed by atoms with Crippen LogP contribution in [-0.4, -0.2) is 53.1 Å². The molecule has 2 aromatic carbocycles. The molecule has 5 heteroatoms. The van der Waals surface area contributed by atoms with Crippen LogP contribution in [-0.2, 0) is 11.2 Å². The highest BCUT2D eigenvalue weighted by atomic mass is 16.2. The van der Waals surface area contributed by atoms with Gasteiger partial charge in [-0.2, -0.15) is 0 Å². The molecule has 2 heterocycles. The average Bonchev–Trinajstić information content (AvgIpc) is 3.05. The van der Waals surface area contributed by atoms with Crippen molar-refractivity contribution in [2.75, 3.05) is 19.6 Å². The van der Waals surface area contributed by atoms with Crippen molar-refractivity contribution in [1.82, 2.24) is 9.80 Å². The lowest BCUT2D eigenvalue weighted by molar-refractivity contribution is -0.129. The average molecular weight is 390 g/mol.